The first-order valence-corrected chi connectivity index (χ1v) is 14.0. The van der Waals surface area contributed by atoms with E-state index in [4.69, 9.17) is 14.2 Å². The highest BCUT2D eigenvalue weighted by atomic mass is 16.6. The van der Waals surface area contributed by atoms with Crippen LogP contribution < -0.4 is 16.0 Å². The van der Waals surface area contributed by atoms with Crippen molar-refractivity contribution in [3.63, 3.8) is 0 Å². The molecule has 1 aliphatic rings. The van der Waals surface area contributed by atoms with Gasteiger partial charge in [-0.1, -0.05) is 91.0 Å². The number of benzene rings is 3. The van der Waals surface area contributed by atoms with Crippen LogP contribution in [0.2, 0.25) is 0 Å². The Kier molecular flexibility index (Phi) is 11.7. The largest absolute Gasteiger partial charge is 0.464 e. The molecule has 3 N–H and O–H groups in total. The number of alkyl carbamates (subject to hydrolysis) is 2. The lowest BCUT2D eigenvalue weighted by atomic mass is 9.86. The lowest BCUT2D eigenvalue weighted by Crippen LogP contribution is -2.62. The highest BCUT2D eigenvalue weighted by molar-refractivity contribution is 6.01. The third kappa shape index (κ3) is 10.3. The highest BCUT2D eigenvalue weighted by Crippen LogP contribution is 2.22. The van der Waals surface area contributed by atoms with Crippen molar-refractivity contribution in [2.24, 2.45) is 10.9 Å². The molecule has 224 valence electrons. The summed E-state index contributed by atoms with van der Waals surface area (Å²) in [5, 5.41) is 7.46. The molecular formula is C32H34N4O7. The summed E-state index contributed by atoms with van der Waals surface area (Å²) in [6.07, 6.45) is -0.295. The molecule has 3 amide bonds. The van der Waals surface area contributed by atoms with Crippen LogP contribution in [0.3, 0.4) is 0 Å². The molecule has 0 saturated carbocycles. The fourth-order valence-corrected chi connectivity index (χ4v) is 4.27. The number of hydrogen-bond acceptors (Lipinski definition) is 8. The van der Waals surface area contributed by atoms with Gasteiger partial charge in [-0.05, 0) is 29.5 Å². The van der Waals surface area contributed by atoms with Crippen LogP contribution in [0.25, 0.3) is 0 Å². The van der Waals surface area contributed by atoms with Crippen molar-refractivity contribution in [2.75, 3.05) is 13.2 Å². The average molecular weight is 587 g/mol. The van der Waals surface area contributed by atoms with Gasteiger partial charge in [0.2, 0.25) is 11.9 Å². The molecular weight excluding hydrogens is 552 g/mol. The van der Waals surface area contributed by atoms with Crippen molar-refractivity contribution in [3.8, 4) is 0 Å². The molecule has 0 aromatic heterocycles. The second kappa shape index (κ2) is 16.3. The Bertz CT molecular complexity index is 1330. The van der Waals surface area contributed by atoms with Gasteiger partial charge in [0.25, 0.3) is 0 Å². The molecule has 11 nitrogen and oxygen atoms in total. The van der Waals surface area contributed by atoms with E-state index in [-0.39, 0.29) is 38.2 Å². The quantitative estimate of drug-likeness (QED) is 0.0730. The van der Waals surface area contributed by atoms with Crippen LogP contribution in [-0.2, 0) is 43.4 Å². The molecule has 0 radical (unpaired) electrons. The van der Waals surface area contributed by atoms with E-state index < -0.39 is 30.1 Å². The maximum absolute atomic E-state index is 12.5. The van der Waals surface area contributed by atoms with Crippen molar-refractivity contribution >= 4 is 30.0 Å². The SMILES string of the molecule is O=C(NC(=NCCC[C@H]1C(=O)NC1C(=O)OCCc1ccccc1)NC(=O)OCc1ccccc1)OCc1ccccc1. The summed E-state index contributed by atoms with van der Waals surface area (Å²) in [5.41, 5.74) is 2.63. The number of carbonyl (C=O) groups excluding carboxylic acids is 4. The number of ether oxygens (including phenoxy) is 3. The molecule has 43 heavy (non-hydrogen) atoms. The Labute approximate surface area is 249 Å². The Balaban J connectivity index is 1.26. The maximum atomic E-state index is 12.5. The van der Waals surface area contributed by atoms with Crippen LogP contribution >= 0.6 is 0 Å². The number of rotatable bonds is 12. The molecule has 4 rings (SSSR count). The first kappa shape index (κ1) is 30.8. The zero-order valence-electron chi connectivity index (χ0n) is 23.6. The number of nitrogens with zero attached hydrogens (tertiary/aromatic N) is 1. The summed E-state index contributed by atoms with van der Waals surface area (Å²) < 4.78 is 15.8. The van der Waals surface area contributed by atoms with Crippen molar-refractivity contribution in [3.05, 3.63) is 108 Å². The van der Waals surface area contributed by atoms with Crippen molar-refractivity contribution in [2.45, 2.75) is 38.5 Å². The lowest BCUT2D eigenvalue weighted by Gasteiger charge is -2.34. The van der Waals surface area contributed by atoms with Gasteiger partial charge in [0.1, 0.15) is 19.3 Å². The van der Waals surface area contributed by atoms with E-state index in [1.54, 1.807) is 0 Å². The standard InChI is InChI=1S/C32H34N4O7/c37-28-26(27(34-28)29(38)41-20-18-23-11-4-1-5-12-23)17-10-19-33-30(35-31(39)42-21-24-13-6-2-7-14-24)36-32(40)43-22-25-15-8-3-9-16-25/h1-9,11-16,26-27H,10,17-22H2,(H,34,37)(H2,33,35,36,39,40)/t26-,27?/m1/s1. The summed E-state index contributed by atoms with van der Waals surface area (Å²) in [6, 6.07) is 27.2. The van der Waals surface area contributed by atoms with Gasteiger partial charge in [0, 0.05) is 13.0 Å². The van der Waals surface area contributed by atoms with Crippen molar-refractivity contribution in [1.29, 1.82) is 0 Å². The Hall–Kier alpha value is -5.19. The molecule has 1 fully saturated rings. The summed E-state index contributed by atoms with van der Waals surface area (Å²) in [7, 11) is 0. The Morgan fingerprint density at radius 1 is 0.721 bits per heavy atom. The molecule has 1 saturated heterocycles. The molecule has 3 aromatic carbocycles. The Morgan fingerprint density at radius 3 is 1.74 bits per heavy atom. The van der Waals surface area contributed by atoms with Gasteiger partial charge in [-0.15, -0.1) is 0 Å². The van der Waals surface area contributed by atoms with Crippen LogP contribution in [0.5, 0.6) is 0 Å². The number of aliphatic imine (C=N–C) groups is 1. The van der Waals surface area contributed by atoms with Gasteiger partial charge in [0.05, 0.1) is 12.5 Å². The van der Waals surface area contributed by atoms with E-state index in [0.717, 1.165) is 16.7 Å². The predicted octanol–water partition coefficient (Wildman–Crippen LogP) is 3.88. The van der Waals surface area contributed by atoms with Crippen LogP contribution in [0.1, 0.15) is 29.5 Å². The smallest absolute Gasteiger partial charge is 0.414 e. The van der Waals surface area contributed by atoms with E-state index in [2.05, 4.69) is 20.9 Å². The normalized spacial score (nSPS) is 15.2. The third-order valence-electron chi connectivity index (χ3n) is 6.58. The van der Waals surface area contributed by atoms with Crippen LogP contribution in [0.4, 0.5) is 9.59 Å². The molecule has 1 heterocycles. The van der Waals surface area contributed by atoms with E-state index in [9.17, 15) is 19.2 Å². The predicted molar refractivity (Wildman–Crippen MR) is 158 cm³/mol. The van der Waals surface area contributed by atoms with E-state index in [1.807, 2.05) is 91.0 Å². The summed E-state index contributed by atoms with van der Waals surface area (Å²) in [4.78, 5) is 53.7. The molecule has 11 heteroatoms. The number of carbonyl (C=O) groups is 4. The van der Waals surface area contributed by atoms with Gasteiger partial charge in [-0.3, -0.25) is 20.4 Å². The van der Waals surface area contributed by atoms with Crippen LogP contribution in [0, 0.1) is 5.92 Å². The first-order chi connectivity index (χ1) is 21.0. The fraction of sp³-hybridized carbons (Fsp3) is 0.281. The number of amides is 3. The van der Waals surface area contributed by atoms with Gasteiger partial charge in [-0.2, -0.15) is 0 Å². The molecule has 0 bridgehead atoms. The van der Waals surface area contributed by atoms with Gasteiger partial charge < -0.3 is 19.5 Å². The maximum Gasteiger partial charge on any atom is 0.414 e. The molecule has 3 aromatic rings. The third-order valence-corrected chi connectivity index (χ3v) is 6.58. The number of nitrogens with one attached hydrogen (secondary N) is 3. The van der Waals surface area contributed by atoms with Crippen molar-refractivity contribution in [1.82, 2.24) is 16.0 Å². The second-order valence-electron chi connectivity index (χ2n) is 9.74. The van der Waals surface area contributed by atoms with E-state index in [1.165, 1.54) is 0 Å². The number of β-lactam (4-membered cyclic amide) rings is 1. The summed E-state index contributed by atoms with van der Waals surface area (Å²) >= 11 is 0. The summed E-state index contributed by atoms with van der Waals surface area (Å²) in [5.74, 6) is -1.42. The zero-order chi connectivity index (χ0) is 30.3. The topological polar surface area (TPSA) is 144 Å². The van der Waals surface area contributed by atoms with Crippen molar-refractivity contribution < 1.29 is 33.4 Å². The average Bonchev–Trinajstić information content (AvgIpc) is 3.02. The first-order valence-electron chi connectivity index (χ1n) is 14.0. The Morgan fingerprint density at radius 2 is 1.23 bits per heavy atom. The minimum atomic E-state index is -0.817. The molecule has 0 aliphatic carbocycles. The fourth-order valence-electron chi connectivity index (χ4n) is 4.27. The highest BCUT2D eigenvalue weighted by Gasteiger charge is 2.44. The lowest BCUT2D eigenvalue weighted by molar-refractivity contribution is -0.158. The molecule has 1 aliphatic heterocycles. The number of esters is 1. The van der Waals surface area contributed by atoms with Gasteiger partial charge in [0.15, 0.2) is 0 Å². The minimum absolute atomic E-state index is 0.0258. The van der Waals surface area contributed by atoms with E-state index in [0.29, 0.717) is 19.3 Å². The van der Waals surface area contributed by atoms with Crippen LogP contribution in [-0.4, -0.2) is 49.2 Å². The molecule has 0 spiro atoms. The van der Waals surface area contributed by atoms with Crippen LogP contribution in [0.15, 0.2) is 96.0 Å². The zero-order valence-corrected chi connectivity index (χ0v) is 23.6. The minimum Gasteiger partial charge on any atom is -0.464 e. The van der Waals surface area contributed by atoms with E-state index >= 15 is 0 Å². The monoisotopic (exact) mass is 586 g/mol. The number of hydrogen-bond donors (Lipinski definition) is 3. The second-order valence-corrected chi connectivity index (χ2v) is 9.74. The number of guanidine groups is 1. The van der Waals surface area contributed by atoms with Gasteiger partial charge >= 0.3 is 18.2 Å². The molecule has 2 atom stereocenters. The van der Waals surface area contributed by atoms with Gasteiger partial charge in [-0.25, -0.2) is 14.4 Å². The molecule has 1 unspecified atom stereocenters. The summed E-state index contributed by atoms with van der Waals surface area (Å²) in [6.45, 7) is 0.413.